The summed E-state index contributed by atoms with van der Waals surface area (Å²) in [4.78, 5) is 10.7. The zero-order chi connectivity index (χ0) is 17.0. The molecule has 2 unspecified atom stereocenters. The normalized spacial score (nSPS) is 20.4. The smallest absolute Gasteiger partial charge is 0.255 e. The van der Waals surface area contributed by atoms with Crippen LogP contribution in [0.15, 0.2) is 23.1 Å². The highest BCUT2D eigenvalue weighted by atomic mass is 35.5. The van der Waals surface area contributed by atoms with Crippen LogP contribution in [0, 0.1) is 5.92 Å². The summed E-state index contributed by atoms with van der Waals surface area (Å²) in [5, 5.41) is 0.249. The molecule has 2 rings (SSSR count). The summed E-state index contributed by atoms with van der Waals surface area (Å²) in [6.45, 7) is 0.00672. The van der Waals surface area contributed by atoms with Crippen molar-refractivity contribution in [1.82, 2.24) is 4.72 Å². The molecule has 1 aliphatic carbocycles. The number of rotatable bonds is 7. The molecule has 0 aromatic heterocycles. The van der Waals surface area contributed by atoms with Crippen molar-refractivity contribution >= 4 is 39.9 Å². The van der Waals surface area contributed by atoms with Crippen LogP contribution in [0.25, 0.3) is 0 Å². The van der Waals surface area contributed by atoms with E-state index in [1.54, 1.807) is 0 Å². The molecule has 136 valence electrons. The Kier molecular flexibility index (Phi) is 7.75. The number of carbonyl (C=O) groups excluding carboxylic acids is 1. The molecular formula is C14H21Cl2N3O4S. The lowest BCUT2D eigenvalue weighted by molar-refractivity contribution is -0.120. The first-order valence-corrected chi connectivity index (χ1v) is 9.12. The maximum Gasteiger partial charge on any atom is 0.255 e. The molecule has 10 heteroatoms. The van der Waals surface area contributed by atoms with Gasteiger partial charge in [-0.3, -0.25) is 4.79 Å². The van der Waals surface area contributed by atoms with Crippen LogP contribution in [0.2, 0.25) is 5.02 Å². The summed E-state index contributed by atoms with van der Waals surface area (Å²) in [5.41, 5.74) is 10.7. The molecule has 0 bridgehead atoms. The summed E-state index contributed by atoms with van der Waals surface area (Å²) in [7, 11) is -3.85. The Morgan fingerprint density at radius 1 is 1.38 bits per heavy atom. The number of ether oxygens (including phenoxy) is 1. The average Bonchev–Trinajstić information content (AvgIpc) is 2.92. The molecule has 0 spiro atoms. The van der Waals surface area contributed by atoms with Crippen LogP contribution in [-0.4, -0.2) is 33.5 Å². The van der Waals surface area contributed by atoms with E-state index in [9.17, 15) is 13.2 Å². The quantitative estimate of drug-likeness (QED) is 0.633. The third kappa shape index (κ3) is 5.22. The average molecular weight is 398 g/mol. The van der Waals surface area contributed by atoms with Crippen molar-refractivity contribution in [2.45, 2.75) is 30.2 Å². The van der Waals surface area contributed by atoms with Crippen LogP contribution in [0.3, 0.4) is 0 Å². The number of carbonyl (C=O) groups is 1. The Labute approximate surface area is 152 Å². The number of hydrogen-bond acceptors (Lipinski definition) is 5. The van der Waals surface area contributed by atoms with Gasteiger partial charge in [0, 0.05) is 11.1 Å². The number of nitrogens with one attached hydrogen (secondary N) is 1. The monoisotopic (exact) mass is 397 g/mol. The van der Waals surface area contributed by atoms with Crippen molar-refractivity contribution in [3.8, 4) is 5.75 Å². The molecule has 0 aliphatic heterocycles. The van der Waals surface area contributed by atoms with E-state index in [4.69, 9.17) is 27.8 Å². The number of sulfonamides is 1. The van der Waals surface area contributed by atoms with Gasteiger partial charge in [-0.05, 0) is 43.5 Å². The molecule has 1 aromatic rings. The van der Waals surface area contributed by atoms with Gasteiger partial charge in [0.15, 0.2) is 6.61 Å². The fourth-order valence-corrected chi connectivity index (χ4v) is 4.44. The number of benzene rings is 1. The van der Waals surface area contributed by atoms with Crippen LogP contribution in [0.1, 0.15) is 19.3 Å². The summed E-state index contributed by atoms with van der Waals surface area (Å²) in [6, 6.07) is 3.95. The molecule has 1 saturated carbocycles. The van der Waals surface area contributed by atoms with E-state index in [0.29, 0.717) is 6.54 Å². The van der Waals surface area contributed by atoms with Gasteiger partial charge in [0.1, 0.15) is 10.6 Å². The lowest BCUT2D eigenvalue weighted by atomic mass is 10.1. The molecule has 2 atom stereocenters. The molecule has 1 amide bonds. The van der Waals surface area contributed by atoms with E-state index in [-0.39, 0.29) is 40.0 Å². The van der Waals surface area contributed by atoms with Crippen LogP contribution in [0.5, 0.6) is 5.75 Å². The zero-order valence-corrected chi connectivity index (χ0v) is 15.3. The molecular weight excluding hydrogens is 377 g/mol. The van der Waals surface area contributed by atoms with Crippen molar-refractivity contribution in [2.24, 2.45) is 17.4 Å². The fraction of sp³-hybridized carbons (Fsp3) is 0.500. The molecule has 1 fully saturated rings. The highest BCUT2D eigenvalue weighted by Crippen LogP contribution is 2.30. The van der Waals surface area contributed by atoms with Gasteiger partial charge in [0.2, 0.25) is 10.0 Å². The van der Waals surface area contributed by atoms with Crippen molar-refractivity contribution < 1.29 is 17.9 Å². The molecule has 24 heavy (non-hydrogen) atoms. The maximum absolute atomic E-state index is 12.7. The second-order valence-corrected chi connectivity index (χ2v) is 7.62. The summed E-state index contributed by atoms with van der Waals surface area (Å²) < 4.78 is 33.2. The molecule has 1 aromatic carbocycles. The standard InChI is InChI=1S/C14H20ClN3O4S.ClH/c15-10-4-5-12(22-8-14(17)19)13(6-10)23(20,21)18-11-3-1-2-9(11)7-16;/h4-6,9,11,18H,1-3,7-8,16H2,(H2,17,19);1H. The van der Waals surface area contributed by atoms with Gasteiger partial charge in [-0.1, -0.05) is 18.0 Å². The molecule has 5 N–H and O–H groups in total. The first-order valence-electron chi connectivity index (χ1n) is 7.26. The minimum Gasteiger partial charge on any atom is -0.482 e. The van der Waals surface area contributed by atoms with E-state index in [1.165, 1.54) is 18.2 Å². The highest BCUT2D eigenvalue weighted by molar-refractivity contribution is 7.89. The molecule has 0 saturated heterocycles. The van der Waals surface area contributed by atoms with Crippen molar-refractivity contribution in [3.05, 3.63) is 23.2 Å². The fourth-order valence-electron chi connectivity index (χ4n) is 2.70. The minimum absolute atomic E-state index is 0. The topological polar surface area (TPSA) is 125 Å². The Morgan fingerprint density at radius 3 is 2.71 bits per heavy atom. The highest BCUT2D eigenvalue weighted by Gasteiger charge is 2.31. The maximum atomic E-state index is 12.7. The van der Waals surface area contributed by atoms with Crippen molar-refractivity contribution in [1.29, 1.82) is 0 Å². The third-order valence-electron chi connectivity index (χ3n) is 3.83. The van der Waals surface area contributed by atoms with Crippen LogP contribution in [0.4, 0.5) is 0 Å². The zero-order valence-electron chi connectivity index (χ0n) is 12.9. The van der Waals surface area contributed by atoms with Crippen LogP contribution < -0.4 is 20.9 Å². The molecule has 7 nitrogen and oxygen atoms in total. The number of primary amides is 1. The Hall–Kier alpha value is -1.06. The second kappa shape index (κ2) is 8.87. The number of hydrogen-bond donors (Lipinski definition) is 3. The molecule has 0 radical (unpaired) electrons. The van der Waals surface area contributed by atoms with Gasteiger partial charge < -0.3 is 16.2 Å². The summed E-state index contributed by atoms with van der Waals surface area (Å²) in [5.74, 6) is -0.558. The van der Waals surface area contributed by atoms with Crippen molar-refractivity contribution in [3.63, 3.8) is 0 Å². The van der Waals surface area contributed by atoms with E-state index < -0.39 is 22.5 Å². The molecule has 0 heterocycles. The van der Waals surface area contributed by atoms with Gasteiger partial charge in [0.05, 0.1) is 0 Å². The van der Waals surface area contributed by atoms with Gasteiger partial charge in [0.25, 0.3) is 5.91 Å². The third-order valence-corrected chi connectivity index (χ3v) is 5.58. The van der Waals surface area contributed by atoms with Gasteiger partial charge in [-0.25, -0.2) is 13.1 Å². The first kappa shape index (κ1) is 21.0. The lowest BCUT2D eigenvalue weighted by Gasteiger charge is -2.20. The minimum atomic E-state index is -3.85. The predicted octanol–water partition coefficient (Wildman–Crippen LogP) is 1.03. The van der Waals surface area contributed by atoms with Crippen LogP contribution >= 0.6 is 24.0 Å². The lowest BCUT2D eigenvalue weighted by Crippen LogP contribution is -2.40. The van der Waals surface area contributed by atoms with Gasteiger partial charge in [-0.15, -0.1) is 12.4 Å². The van der Waals surface area contributed by atoms with Crippen molar-refractivity contribution in [2.75, 3.05) is 13.2 Å². The molecule has 1 aliphatic rings. The summed E-state index contributed by atoms with van der Waals surface area (Å²) in [6.07, 6.45) is 2.55. The Balaban J connectivity index is 0.00000288. The number of amides is 1. The van der Waals surface area contributed by atoms with Gasteiger partial charge >= 0.3 is 0 Å². The largest absolute Gasteiger partial charge is 0.482 e. The Morgan fingerprint density at radius 2 is 2.08 bits per heavy atom. The van der Waals surface area contributed by atoms with E-state index >= 15 is 0 Å². The number of nitrogens with two attached hydrogens (primary N) is 2. The second-order valence-electron chi connectivity index (χ2n) is 5.50. The predicted molar refractivity (Wildman–Crippen MR) is 93.9 cm³/mol. The summed E-state index contributed by atoms with van der Waals surface area (Å²) >= 11 is 5.90. The Bertz CT molecular complexity index is 685. The van der Waals surface area contributed by atoms with E-state index in [0.717, 1.165) is 19.3 Å². The number of halogens is 2. The van der Waals surface area contributed by atoms with E-state index in [1.807, 2.05) is 0 Å². The first-order chi connectivity index (χ1) is 10.8. The van der Waals surface area contributed by atoms with E-state index in [2.05, 4.69) is 4.72 Å². The SMILES string of the molecule is Cl.NCC1CCCC1NS(=O)(=O)c1cc(Cl)ccc1OCC(N)=O. The van der Waals surface area contributed by atoms with Gasteiger partial charge in [-0.2, -0.15) is 0 Å². The van der Waals surface area contributed by atoms with Crippen LogP contribution in [-0.2, 0) is 14.8 Å².